The van der Waals surface area contributed by atoms with E-state index in [9.17, 15) is 5.11 Å². The van der Waals surface area contributed by atoms with Crippen molar-refractivity contribution in [1.82, 2.24) is 19.5 Å². The molecule has 23 heavy (non-hydrogen) atoms. The largest absolute Gasteiger partial charge is 0.396 e. The van der Waals surface area contributed by atoms with E-state index in [0.29, 0.717) is 0 Å². The summed E-state index contributed by atoms with van der Waals surface area (Å²) in [7, 11) is 1.71. The summed E-state index contributed by atoms with van der Waals surface area (Å²) >= 11 is 0. The van der Waals surface area contributed by atoms with E-state index in [2.05, 4.69) is 25.9 Å². The molecule has 0 saturated carbocycles. The molecule has 0 aromatic carbocycles. The fourth-order valence-corrected chi connectivity index (χ4v) is 3.24. The van der Waals surface area contributed by atoms with Gasteiger partial charge in [0.25, 0.3) is 0 Å². The summed E-state index contributed by atoms with van der Waals surface area (Å²) in [5, 5.41) is 9.30. The van der Waals surface area contributed by atoms with E-state index in [1.165, 1.54) is 0 Å². The highest BCUT2D eigenvalue weighted by Gasteiger charge is 2.31. The summed E-state index contributed by atoms with van der Waals surface area (Å²) < 4.78 is 7.33. The molecule has 8 heteroatoms. The van der Waals surface area contributed by atoms with Gasteiger partial charge in [0.1, 0.15) is 0 Å². The molecule has 0 spiro atoms. The Morgan fingerprint density at radius 3 is 2.87 bits per heavy atom. The van der Waals surface area contributed by atoms with E-state index in [0.717, 1.165) is 36.5 Å². The lowest BCUT2D eigenvalue weighted by molar-refractivity contribution is 0.0784. The van der Waals surface area contributed by atoms with Crippen molar-refractivity contribution in [2.45, 2.75) is 18.6 Å². The van der Waals surface area contributed by atoms with Crippen molar-refractivity contribution in [3.05, 3.63) is 18.5 Å². The molecule has 1 fully saturated rings. The topological polar surface area (TPSA) is 102 Å². The van der Waals surface area contributed by atoms with Crippen LogP contribution in [0.15, 0.2) is 18.5 Å². The molecule has 2 aromatic heterocycles. The van der Waals surface area contributed by atoms with Gasteiger partial charge in [-0.1, -0.05) is 12.2 Å². The number of nitrogen functional groups attached to an aromatic ring is 1. The lowest BCUT2D eigenvalue weighted by Gasteiger charge is -2.38. The van der Waals surface area contributed by atoms with Crippen molar-refractivity contribution < 1.29 is 9.84 Å². The monoisotopic (exact) mass is 316 g/mol. The molecule has 2 aliphatic rings. The second-order valence-electron chi connectivity index (χ2n) is 6.12. The fraction of sp³-hybridized carbons (Fsp3) is 0.533. The Kier molecular flexibility index (Phi) is 3.42. The van der Waals surface area contributed by atoms with Gasteiger partial charge in [-0.15, -0.1) is 0 Å². The van der Waals surface area contributed by atoms with Crippen LogP contribution in [0.1, 0.15) is 12.5 Å². The lowest BCUT2D eigenvalue weighted by Crippen LogP contribution is -2.52. The number of imidazole rings is 1. The number of nitrogens with zero attached hydrogens (tertiary/aromatic N) is 5. The summed E-state index contributed by atoms with van der Waals surface area (Å²) in [6.07, 6.45) is 6.98. The van der Waals surface area contributed by atoms with Crippen molar-refractivity contribution >= 4 is 22.9 Å². The minimum Gasteiger partial charge on any atom is -0.396 e. The summed E-state index contributed by atoms with van der Waals surface area (Å²) in [5.41, 5.74) is 7.41. The Morgan fingerprint density at radius 2 is 2.17 bits per heavy atom. The number of anilines is 2. The second-order valence-corrected chi connectivity index (χ2v) is 6.12. The molecule has 0 unspecified atom stereocenters. The maximum atomic E-state index is 9.30. The molecule has 0 bridgehead atoms. The first kappa shape index (κ1) is 14.4. The molecule has 4 rings (SSSR count). The zero-order valence-electron chi connectivity index (χ0n) is 13.0. The molecule has 3 heterocycles. The summed E-state index contributed by atoms with van der Waals surface area (Å²) in [5.74, 6) is 1.20. The van der Waals surface area contributed by atoms with Crippen molar-refractivity contribution in [3.63, 3.8) is 0 Å². The first-order valence-corrected chi connectivity index (χ1v) is 7.76. The molecule has 8 nitrogen and oxygen atoms in total. The summed E-state index contributed by atoms with van der Waals surface area (Å²) in [6, 6.07) is 0.141. The van der Waals surface area contributed by atoms with E-state index in [4.69, 9.17) is 10.5 Å². The van der Waals surface area contributed by atoms with E-state index in [1.807, 2.05) is 10.6 Å². The maximum Gasteiger partial charge on any atom is 0.224 e. The van der Waals surface area contributed by atoms with Gasteiger partial charge in [-0.3, -0.25) is 0 Å². The first-order chi connectivity index (χ1) is 11.2. The predicted molar refractivity (Wildman–Crippen MR) is 86.1 cm³/mol. The standard InChI is InChI=1S/C15H20N6O2/c1-23-11-5-20(6-11)13-12-14(19-15(16)18-13)21(8-17-12)10-3-2-9(4-10)7-22/h2-3,8-11,22H,4-7H2,1H3,(H2,16,18,19)/t9-,10+/m1/s1. The quantitative estimate of drug-likeness (QED) is 0.785. The number of rotatable bonds is 4. The SMILES string of the molecule is COC1CN(c2nc(N)nc3c2ncn3[C@H]2C=C[C@@H](CO)C2)C1. The highest BCUT2D eigenvalue weighted by molar-refractivity contribution is 5.85. The van der Waals surface area contributed by atoms with Gasteiger partial charge < -0.3 is 25.0 Å². The maximum absolute atomic E-state index is 9.30. The molecular formula is C15H20N6O2. The van der Waals surface area contributed by atoms with Crippen LogP contribution in [0.5, 0.6) is 0 Å². The van der Waals surface area contributed by atoms with Gasteiger partial charge in [0.15, 0.2) is 17.0 Å². The van der Waals surface area contributed by atoms with E-state index >= 15 is 0 Å². The first-order valence-electron chi connectivity index (χ1n) is 7.76. The van der Waals surface area contributed by atoms with Crippen LogP contribution in [0.25, 0.3) is 11.2 Å². The number of aromatic nitrogens is 4. The third-order valence-corrected chi connectivity index (χ3v) is 4.64. The van der Waals surface area contributed by atoms with E-state index < -0.39 is 0 Å². The van der Waals surface area contributed by atoms with Crippen LogP contribution in [-0.2, 0) is 4.74 Å². The Labute approximate surface area is 133 Å². The number of nitrogens with two attached hydrogens (primary N) is 1. The number of hydrogen-bond acceptors (Lipinski definition) is 7. The Morgan fingerprint density at radius 1 is 1.35 bits per heavy atom. The Hall–Kier alpha value is -2.19. The van der Waals surface area contributed by atoms with Gasteiger partial charge in [0, 0.05) is 32.7 Å². The number of fused-ring (bicyclic) bond motifs is 1. The number of allylic oxidation sites excluding steroid dienone is 1. The fourth-order valence-electron chi connectivity index (χ4n) is 3.24. The second kappa shape index (κ2) is 5.47. The van der Waals surface area contributed by atoms with E-state index in [-0.39, 0.29) is 30.6 Å². The normalized spacial score (nSPS) is 24.5. The minimum absolute atomic E-state index is 0.141. The Balaban J connectivity index is 1.70. The third-order valence-electron chi connectivity index (χ3n) is 4.64. The summed E-state index contributed by atoms with van der Waals surface area (Å²) in [6.45, 7) is 1.73. The van der Waals surface area contributed by atoms with Gasteiger partial charge >= 0.3 is 0 Å². The third kappa shape index (κ3) is 2.34. The molecule has 1 saturated heterocycles. The van der Waals surface area contributed by atoms with Crippen LogP contribution < -0.4 is 10.6 Å². The molecule has 0 radical (unpaired) electrons. The van der Waals surface area contributed by atoms with Gasteiger partial charge in [-0.2, -0.15) is 9.97 Å². The zero-order chi connectivity index (χ0) is 16.0. The molecule has 122 valence electrons. The van der Waals surface area contributed by atoms with Crippen molar-refractivity contribution in [2.75, 3.05) is 37.4 Å². The number of aliphatic hydroxyl groups is 1. The van der Waals surface area contributed by atoms with E-state index in [1.54, 1.807) is 13.4 Å². The van der Waals surface area contributed by atoms with Crippen molar-refractivity contribution in [1.29, 1.82) is 0 Å². The lowest BCUT2D eigenvalue weighted by atomic mass is 10.1. The molecule has 1 aliphatic carbocycles. The predicted octanol–water partition coefficient (Wildman–Crippen LogP) is 0.353. The highest BCUT2D eigenvalue weighted by Crippen LogP contribution is 2.33. The molecule has 0 amide bonds. The highest BCUT2D eigenvalue weighted by atomic mass is 16.5. The van der Waals surface area contributed by atoms with Crippen LogP contribution in [0, 0.1) is 5.92 Å². The molecule has 2 atom stereocenters. The molecule has 3 N–H and O–H groups in total. The Bertz CT molecular complexity index is 752. The smallest absolute Gasteiger partial charge is 0.224 e. The van der Waals surface area contributed by atoms with Crippen LogP contribution in [0.3, 0.4) is 0 Å². The molecule has 2 aromatic rings. The average Bonchev–Trinajstić information content (AvgIpc) is 3.11. The van der Waals surface area contributed by atoms with Crippen LogP contribution in [0.2, 0.25) is 0 Å². The van der Waals surface area contributed by atoms with Gasteiger partial charge in [-0.05, 0) is 6.42 Å². The van der Waals surface area contributed by atoms with Crippen LogP contribution in [0.4, 0.5) is 11.8 Å². The number of hydrogen-bond donors (Lipinski definition) is 2. The number of methoxy groups -OCH3 is 1. The summed E-state index contributed by atoms with van der Waals surface area (Å²) in [4.78, 5) is 15.4. The van der Waals surface area contributed by atoms with Gasteiger partial charge in [0.05, 0.1) is 18.5 Å². The molecule has 1 aliphatic heterocycles. The van der Waals surface area contributed by atoms with Gasteiger partial charge in [0.2, 0.25) is 5.95 Å². The molecular weight excluding hydrogens is 296 g/mol. The van der Waals surface area contributed by atoms with Crippen molar-refractivity contribution in [2.24, 2.45) is 5.92 Å². The van der Waals surface area contributed by atoms with Crippen LogP contribution in [-0.4, -0.2) is 57.5 Å². The average molecular weight is 316 g/mol. The minimum atomic E-state index is 0.141. The van der Waals surface area contributed by atoms with Crippen molar-refractivity contribution in [3.8, 4) is 0 Å². The number of aliphatic hydroxyl groups excluding tert-OH is 1. The van der Waals surface area contributed by atoms with Gasteiger partial charge in [-0.25, -0.2) is 4.98 Å². The van der Waals surface area contributed by atoms with Crippen LogP contribution >= 0.6 is 0 Å². The number of ether oxygens (including phenoxy) is 1. The zero-order valence-corrected chi connectivity index (χ0v) is 13.0.